The molecule has 4 nitrogen and oxygen atoms in total. The standard InChI is InChI=1S/C11H14N2O2/c12-11(15)10-6-5-9(13-10)7-1-3-8(14)4-2-7/h1-4,9-10,13-14H,5-6H2,(H2,12,15)/t9-,10+/m1/s1. The Morgan fingerprint density at radius 2 is 2.00 bits per heavy atom. The molecule has 2 rings (SSSR count). The molecular weight excluding hydrogens is 192 g/mol. The summed E-state index contributed by atoms with van der Waals surface area (Å²) in [5.41, 5.74) is 6.30. The van der Waals surface area contributed by atoms with E-state index in [0.29, 0.717) is 0 Å². The first-order valence-corrected chi connectivity index (χ1v) is 5.01. The zero-order chi connectivity index (χ0) is 10.8. The van der Waals surface area contributed by atoms with Crippen LogP contribution in [0.25, 0.3) is 0 Å². The Balaban J connectivity index is 2.07. The number of aromatic hydroxyl groups is 1. The second kappa shape index (κ2) is 3.90. The van der Waals surface area contributed by atoms with Crippen LogP contribution in [0.2, 0.25) is 0 Å². The summed E-state index contributed by atoms with van der Waals surface area (Å²) in [7, 11) is 0. The summed E-state index contributed by atoms with van der Waals surface area (Å²) >= 11 is 0. The van der Waals surface area contributed by atoms with Crippen molar-refractivity contribution in [2.75, 3.05) is 0 Å². The molecule has 15 heavy (non-hydrogen) atoms. The number of primary amides is 1. The molecule has 1 aromatic carbocycles. The first kappa shape index (κ1) is 9.98. The molecule has 2 atom stereocenters. The van der Waals surface area contributed by atoms with Gasteiger partial charge < -0.3 is 10.8 Å². The van der Waals surface area contributed by atoms with Gasteiger partial charge in [0.05, 0.1) is 6.04 Å². The van der Waals surface area contributed by atoms with Crippen LogP contribution in [0.4, 0.5) is 0 Å². The van der Waals surface area contributed by atoms with Crippen LogP contribution < -0.4 is 11.1 Å². The first-order chi connectivity index (χ1) is 7.16. The van der Waals surface area contributed by atoms with Crippen molar-refractivity contribution in [2.45, 2.75) is 24.9 Å². The third-order valence-corrected chi connectivity index (χ3v) is 2.79. The van der Waals surface area contributed by atoms with E-state index in [-0.39, 0.29) is 23.7 Å². The van der Waals surface area contributed by atoms with Gasteiger partial charge in [0.25, 0.3) is 0 Å². The lowest BCUT2D eigenvalue weighted by molar-refractivity contribution is -0.119. The molecule has 80 valence electrons. The van der Waals surface area contributed by atoms with Gasteiger partial charge in [0.1, 0.15) is 5.75 Å². The molecule has 4 heteroatoms. The minimum Gasteiger partial charge on any atom is -0.508 e. The van der Waals surface area contributed by atoms with Gasteiger partial charge in [-0.1, -0.05) is 12.1 Å². The third-order valence-electron chi connectivity index (χ3n) is 2.79. The number of carbonyl (C=O) groups excluding carboxylic acids is 1. The highest BCUT2D eigenvalue weighted by Crippen LogP contribution is 2.27. The number of phenolic OH excluding ortho intramolecular Hbond substituents is 1. The molecule has 1 heterocycles. The number of amides is 1. The van der Waals surface area contributed by atoms with Gasteiger partial charge in [-0.05, 0) is 30.5 Å². The van der Waals surface area contributed by atoms with Crippen molar-refractivity contribution in [3.63, 3.8) is 0 Å². The molecule has 0 spiro atoms. The van der Waals surface area contributed by atoms with Crippen LogP contribution in [0.15, 0.2) is 24.3 Å². The Kier molecular flexibility index (Phi) is 2.60. The largest absolute Gasteiger partial charge is 0.508 e. The lowest BCUT2D eigenvalue weighted by Crippen LogP contribution is -2.37. The van der Waals surface area contributed by atoms with Crippen molar-refractivity contribution in [3.8, 4) is 5.75 Å². The number of phenols is 1. The SMILES string of the molecule is NC(=O)[C@@H]1CC[C@H](c2ccc(O)cc2)N1. The lowest BCUT2D eigenvalue weighted by atomic mass is 10.1. The number of nitrogens with one attached hydrogen (secondary N) is 1. The van der Waals surface area contributed by atoms with Gasteiger partial charge in [-0.3, -0.25) is 10.1 Å². The molecule has 0 aromatic heterocycles. The van der Waals surface area contributed by atoms with E-state index in [1.54, 1.807) is 12.1 Å². The predicted molar refractivity (Wildman–Crippen MR) is 56.2 cm³/mol. The fraction of sp³-hybridized carbons (Fsp3) is 0.364. The number of benzene rings is 1. The average molecular weight is 206 g/mol. The van der Waals surface area contributed by atoms with E-state index >= 15 is 0 Å². The monoisotopic (exact) mass is 206 g/mol. The number of hydrogen-bond donors (Lipinski definition) is 3. The molecule has 0 radical (unpaired) electrons. The fourth-order valence-corrected chi connectivity index (χ4v) is 1.94. The Hall–Kier alpha value is -1.55. The van der Waals surface area contributed by atoms with Crippen LogP contribution in [0.3, 0.4) is 0 Å². The van der Waals surface area contributed by atoms with Crippen LogP contribution >= 0.6 is 0 Å². The highest BCUT2D eigenvalue weighted by Gasteiger charge is 2.28. The molecule has 0 bridgehead atoms. The van der Waals surface area contributed by atoms with Crippen molar-refractivity contribution in [1.82, 2.24) is 5.32 Å². The zero-order valence-electron chi connectivity index (χ0n) is 8.31. The van der Waals surface area contributed by atoms with Gasteiger partial charge in [-0.2, -0.15) is 0 Å². The molecule has 1 aliphatic heterocycles. The molecule has 0 unspecified atom stereocenters. The van der Waals surface area contributed by atoms with Gasteiger partial charge in [0.15, 0.2) is 0 Å². The summed E-state index contributed by atoms with van der Waals surface area (Å²) in [5, 5.41) is 12.3. The second-order valence-electron chi connectivity index (χ2n) is 3.84. The maximum Gasteiger partial charge on any atom is 0.234 e. The van der Waals surface area contributed by atoms with E-state index in [4.69, 9.17) is 10.8 Å². The first-order valence-electron chi connectivity index (χ1n) is 5.01. The van der Waals surface area contributed by atoms with E-state index in [9.17, 15) is 4.79 Å². The lowest BCUT2D eigenvalue weighted by Gasteiger charge is -2.12. The highest BCUT2D eigenvalue weighted by atomic mass is 16.3. The van der Waals surface area contributed by atoms with E-state index in [2.05, 4.69) is 5.32 Å². The molecule has 1 aromatic rings. The van der Waals surface area contributed by atoms with E-state index in [1.165, 1.54) is 0 Å². The molecule has 0 saturated carbocycles. The molecule has 1 fully saturated rings. The Bertz CT molecular complexity index is 361. The van der Waals surface area contributed by atoms with Crippen molar-refractivity contribution in [1.29, 1.82) is 0 Å². The summed E-state index contributed by atoms with van der Waals surface area (Å²) in [6.07, 6.45) is 1.68. The number of rotatable bonds is 2. The Morgan fingerprint density at radius 3 is 2.53 bits per heavy atom. The van der Waals surface area contributed by atoms with Crippen LogP contribution in [0, 0.1) is 0 Å². The average Bonchev–Trinajstić information content (AvgIpc) is 2.68. The summed E-state index contributed by atoms with van der Waals surface area (Å²) in [6, 6.07) is 6.96. The molecule has 1 saturated heterocycles. The van der Waals surface area contributed by atoms with E-state index in [0.717, 1.165) is 18.4 Å². The summed E-state index contributed by atoms with van der Waals surface area (Å²) in [5.74, 6) is -0.0422. The fourth-order valence-electron chi connectivity index (χ4n) is 1.94. The van der Waals surface area contributed by atoms with E-state index < -0.39 is 0 Å². The maximum atomic E-state index is 11.0. The molecular formula is C11H14N2O2. The van der Waals surface area contributed by atoms with Gasteiger partial charge >= 0.3 is 0 Å². The number of nitrogens with two attached hydrogens (primary N) is 1. The van der Waals surface area contributed by atoms with Gasteiger partial charge in [-0.15, -0.1) is 0 Å². The molecule has 1 amide bonds. The minimum atomic E-state index is -0.295. The third kappa shape index (κ3) is 2.10. The molecule has 1 aliphatic rings. The normalized spacial score (nSPS) is 25.3. The summed E-state index contributed by atoms with van der Waals surface area (Å²) < 4.78 is 0. The summed E-state index contributed by atoms with van der Waals surface area (Å²) in [4.78, 5) is 11.0. The predicted octanol–water partition coefficient (Wildman–Crippen LogP) is 0.671. The van der Waals surface area contributed by atoms with Crippen molar-refractivity contribution in [3.05, 3.63) is 29.8 Å². The minimum absolute atomic E-state index is 0.170. The van der Waals surface area contributed by atoms with Crippen molar-refractivity contribution < 1.29 is 9.90 Å². The summed E-state index contributed by atoms with van der Waals surface area (Å²) in [6.45, 7) is 0. The van der Waals surface area contributed by atoms with Crippen LogP contribution in [-0.4, -0.2) is 17.1 Å². The van der Waals surface area contributed by atoms with Crippen LogP contribution in [0.5, 0.6) is 5.75 Å². The van der Waals surface area contributed by atoms with Gasteiger partial charge in [-0.25, -0.2) is 0 Å². The highest BCUT2D eigenvalue weighted by molar-refractivity contribution is 5.80. The van der Waals surface area contributed by atoms with Crippen molar-refractivity contribution >= 4 is 5.91 Å². The zero-order valence-corrected chi connectivity index (χ0v) is 8.31. The van der Waals surface area contributed by atoms with Crippen LogP contribution in [-0.2, 0) is 4.79 Å². The van der Waals surface area contributed by atoms with Gasteiger partial charge in [0.2, 0.25) is 5.91 Å². The molecule has 0 aliphatic carbocycles. The van der Waals surface area contributed by atoms with Crippen molar-refractivity contribution in [2.24, 2.45) is 5.73 Å². The second-order valence-corrected chi connectivity index (χ2v) is 3.84. The molecule has 4 N–H and O–H groups in total. The van der Waals surface area contributed by atoms with E-state index in [1.807, 2.05) is 12.1 Å². The van der Waals surface area contributed by atoms with Crippen LogP contribution in [0.1, 0.15) is 24.4 Å². The topological polar surface area (TPSA) is 75.4 Å². The maximum absolute atomic E-state index is 11.0. The number of carbonyl (C=O) groups is 1. The number of hydrogen-bond acceptors (Lipinski definition) is 3. The Labute approximate surface area is 88.1 Å². The Morgan fingerprint density at radius 1 is 1.33 bits per heavy atom. The van der Waals surface area contributed by atoms with Gasteiger partial charge in [0, 0.05) is 6.04 Å². The quantitative estimate of drug-likeness (QED) is 0.665. The smallest absolute Gasteiger partial charge is 0.234 e.